The summed E-state index contributed by atoms with van der Waals surface area (Å²) in [5, 5.41) is 9.26. The van der Waals surface area contributed by atoms with Crippen molar-refractivity contribution in [3.63, 3.8) is 0 Å². The van der Waals surface area contributed by atoms with Gasteiger partial charge in [-0.25, -0.2) is 4.79 Å². The third kappa shape index (κ3) is 3.17. The van der Waals surface area contributed by atoms with Crippen LogP contribution in [-0.4, -0.2) is 34.6 Å². The standard InChI is InChI=1S/C19H14O8/c1-8(20)26-13-5-3-4-11-15(13)18(23)16-12(17(11)22)6-10(19(24)25)7-14(16)27-9(2)21/h3-7,12,16H,1-2H3,(H,24,25). The third-order valence-corrected chi connectivity index (χ3v) is 4.21. The minimum Gasteiger partial charge on any atom is -0.478 e. The normalized spacial score (nSPS) is 20.7. The van der Waals surface area contributed by atoms with Crippen molar-refractivity contribution in [3.05, 3.63) is 52.8 Å². The molecule has 0 saturated carbocycles. The number of carbonyl (C=O) groups is 5. The predicted molar refractivity (Wildman–Crippen MR) is 89.0 cm³/mol. The molecule has 27 heavy (non-hydrogen) atoms. The largest absolute Gasteiger partial charge is 0.478 e. The molecule has 1 N–H and O–H groups in total. The van der Waals surface area contributed by atoms with Crippen molar-refractivity contribution < 1.29 is 38.6 Å². The first kappa shape index (κ1) is 18.2. The molecule has 0 saturated heterocycles. The maximum atomic E-state index is 13.1. The Morgan fingerprint density at radius 1 is 1.00 bits per heavy atom. The molecular weight excluding hydrogens is 356 g/mol. The Morgan fingerprint density at radius 2 is 1.67 bits per heavy atom. The lowest BCUT2D eigenvalue weighted by Gasteiger charge is -2.32. The minimum atomic E-state index is -1.32. The summed E-state index contributed by atoms with van der Waals surface area (Å²) in [6, 6.07) is 4.23. The predicted octanol–water partition coefficient (Wildman–Crippen LogP) is 1.69. The van der Waals surface area contributed by atoms with Crippen LogP contribution >= 0.6 is 0 Å². The number of fused-ring (bicyclic) bond motifs is 2. The first-order valence-electron chi connectivity index (χ1n) is 7.95. The van der Waals surface area contributed by atoms with Crippen LogP contribution in [0.1, 0.15) is 34.6 Å². The van der Waals surface area contributed by atoms with Crippen LogP contribution in [0.3, 0.4) is 0 Å². The van der Waals surface area contributed by atoms with Gasteiger partial charge in [-0.2, -0.15) is 0 Å². The van der Waals surface area contributed by atoms with Crippen LogP contribution in [-0.2, 0) is 19.1 Å². The van der Waals surface area contributed by atoms with E-state index in [4.69, 9.17) is 9.47 Å². The Bertz CT molecular complexity index is 966. The molecule has 8 nitrogen and oxygen atoms in total. The molecule has 0 aliphatic heterocycles. The zero-order chi connectivity index (χ0) is 19.9. The number of esters is 2. The summed E-state index contributed by atoms with van der Waals surface area (Å²) in [6.07, 6.45) is 2.22. The lowest BCUT2D eigenvalue weighted by Crippen LogP contribution is -2.40. The maximum absolute atomic E-state index is 13.1. The highest BCUT2D eigenvalue weighted by molar-refractivity contribution is 6.19. The van der Waals surface area contributed by atoms with Gasteiger partial charge in [0.2, 0.25) is 0 Å². The van der Waals surface area contributed by atoms with Crippen molar-refractivity contribution in [2.75, 3.05) is 0 Å². The quantitative estimate of drug-likeness (QED) is 0.630. The van der Waals surface area contributed by atoms with E-state index in [1.54, 1.807) is 0 Å². The van der Waals surface area contributed by atoms with Crippen LogP contribution in [0.25, 0.3) is 0 Å². The maximum Gasteiger partial charge on any atom is 0.335 e. The van der Waals surface area contributed by atoms with Crippen molar-refractivity contribution >= 4 is 29.5 Å². The van der Waals surface area contributed by atoms with Gasteiger partial charge in [0.1, 0.15) is 11.5 Å². The van der Waals surface area contributed by atoms with Crippen molar-refractivity contribution in [3.8, 4) is 5.75 Å². The monoisotopic (exact) mass is 370 g/mol. The second-order valence-electron chi connectivity index (χ2n) is 6.07. The smallest absolute Gasteiger partial charge is 0.335 e. The summed E-state index contributed by atoms with van der Waals surface area (Å²) in [7, 11) is 0. The van der Waals surface area contributed by atoms with Gasteiger partial charge in [0.05, 0.1) is 23.0 Å². The number of carboxylic acids is 1. The van der Waals surface area contributed by atoms with Crippen molar-refractivity contribution in [2.45, 2.75) is 13.8 Å². The Kier molecular flexibility index (Phi) is 4.49. The van der Waals surface area contributed by atoms with Crippen LogP contribution in [0.2, 0.25) is 0 Å². The number of carbonyl (C=O) groups excluding carboxylic acids is 4. The Morgan fingerprint density at radius 3 is 2.26 bits per heavy atom. The van der Waals surface area contributed by atoms with E-state index in [2.05, 4.69) is 0 Å². The van der Waals surface area contributed by atoms with Gasteiger partial charge >= 0.3 is 17.9 Å². The fraction of sp³-hybridized carbons (Fsp3) is 0.211. The lowest BCUT2D eigenvalue weighted by atomic mass is 9.70. The Labute approximate surface area is 153 Å². The number of ether oxygens (including phenoxy) is 2. The van der Waals surface area contributed by atoms with Crippen molar-refractivity contribution in [1.82, 2.24) is 0 Å². The third-order valence-electron chi connectivity index (χ3n) is 4.21. The first-order chi connectivity index (χ1) is 12.7. The molecule has 0 aromatic heterocycles. The molecule has 0 spiro atoms. The van der Waals surface area contributed by atoms with E-state index in [-0.39, 0.29) is 28.2 Å². The van der Waals surface area contributed by atoms with Crippen LogP contribution < -0.4 is 4.74 Å². The fourth-order valence-electron chi connectivity index (χ4n) is 3.23. The molecule has 1 aromatic carbocycles. The highest BCUT2D eigenvalue weighted by Gasteiger charge is 2.47. The minimum absolute atomic E-state index is 0.0186. The van der Waals surface area contributed by atoms with E-state index in [0.29, 0.717) is 0 Å². The number of hydrogen-bond acceptors (Lipinski definition) is 7. The number of Topliss-reactive ketones (excluding diaryl/α,β-unsaturated/α-hetero) is 2. The summed E-state index contributed by atoms with van der Waals surface area (Å²) in [5.74, 6) is -6.53. The Hall–Kier alpha value is -3.55. The van der Waals surface area contributed by atoms with E-state index < -0.39 is 41.3 Å². The van der Waals surface area contributed by atoms with Gasteiger partial charge in [-0.1, -0.05) is 18.2 Å². The van der Waals surface area contributed by atoms with Gasteiger partial charge in [0.25, 0.3) is 0 Å². The molecule has 2 aliphatic carbocycles. The van der Waals surface area contributed by atoms with Crippen LogP contribution in [0.4, 0.5) is 0 Å². The van der Waals surface area contributed by atoms with Gasteiger partial charge in [-0.05, 0) is 12.1 Å². The molecule has 8 heteroatoms. The van der Waals surface area contributed by atoms with E-state index in [1.807, 2.05) is 0 Å². The van der Waals surface area contributed by atoms with Crippen LogP contribution in [0, 0.1) is 11.8 Å². The van der Waals surface area contributed by atoms with Crippen molar-refractivity contribution in [1.29, 1.82) is 0 Å². The summed E-state index contributed by atoms with van der Waals surface area (Å²) in [4.78, 5) is 60.2. The van der Waals surface area contributed by atoms with Gasteiger partial charge in [0, 0.05) is 19.4 Å². The summed E-state index contributed by atoms with van der Waals surface area (Å²) < 4.78 is 10.1. The number of ketones is 2. The van der Waals surface area contributed by atoms with Crippen LogP contribution in [0.5, 0.6) is 5.75 Å². The topological polar surface area (TPSA) is 124 Å². The van der Waals surface area contributed by atoms with E-state index in [9.17, 15) is 29.1 Å². The Balaban J connectivity index is 2.19. The highest BCUT2D eigenvalue weighted by Crippen LogP contribution is 2.42. The van der Waals surface area contributed by atoms with E-state index in [1.165, 1.54) is 24.3 Å². The number of benzene rings is 1. The molecule has 1 aromatic rings. The zero-order valence-electron chi connectivity index (χ0n) is 14.3. The fourth-order valence-corrected chi connectivity index (χ4v) is 3.23. The SMILES string of the molecule is CC(=O)OC1=CC(C(=O)O)=CC2C(=O)c3cccc(OC(C)=O)c3C(=O)C12. The number of carboxylic acid groups (broad SMARTS) is 1. The second-order valence-corrected chi connectivity index (χ2v) is 6.07. The first-order valence-corrected chi connectivity index (χ1v) is 7.95. The molecule has 138 valence electrons. The number of allylic oxidation sites excluding steroid dienone is 2. The zero-order valence-corrected chi connectivity index (χ0v) is 14.3. The summed E-state index contributed by atoms with van der Waals surface area (Å²) in [6.45, 7) is 2.26. The molecular formula is C19H14O8. The van der Waals surface area contributed by atoms with Crippen LogP contribution in [0.15, 0.2) is 41.7 Å². The molecule has 2 aliphatic rings. The molecule has 0 fully saturated rings. The van der Waals surface area contributed by atoms with Gasteiger partial charge in [0.15, 0.2) is 11.6 Å². The number of hydrogen-bond donors (Lipinski definition) is 1. The second kappa shape index (κ2) is 6.64. The molecule has 2 atom stereocenters. The van der Waals surface area contributed by atoms with Gasteiger partial charge in [-0.3, -0.25) is 19.2 Å². The molecule has 0 heterocycles. The average Bonchev–Trinajstić information content (AvgIpc) is 2.57. The van der Waals surface area contributed by atoms with Crippen molar-refractivity contribution in [2.24, 2.45) is 11.8 Å². The average molecular weight is 370 g/mol. The summed E-state index contributed by atoms with van der Waals surface area (Å²) >= 11 is 0. The number of rotatable bonds is 3. The molecule has 3 rings (SSSR count). The molecule has 0 bridgehead atoms. The highest BCUT2D eigenvalue weighted by atomic mass is 16.5. The molecule has 0 amide bonds. The number of aliphatic carboxylic acids is 1. The summed E-state index contributed by atoms with van der Waals surface area (Å²) in [5.41, 5.74) is -0.331. The van der Waals surface area contributed by atoms with E-state index >= 15 is 0 Å². The van der Waals surface area contributed by atoms with E-state index in [0.717, 1.165) is 19.9 Å². The van der Waals surface area contributed by atoms with Gasteiger partial charge < -0.3 is 14.6 Å². The molecule has 2 unspecified atom stereocenters. The van der Waals surface area contributed by atoms with Gasteiger partial charge in [-0.15, -0.1) is 0 Å². The lowest BCUT2D eigenvalue weighted by molar-refractivity contribution is -0.138. The molecule has 0 radical (unpaired) electrons.